The van der Waals surface area contributed by atoms with Gasteiger partial charge in [-0.3, -0.25) is 32.4 Å². The number of nitrogen functional groups attached to an aromatic ring is 1. The summed E-state index contributed by atoms with van der Waals surface area (Å²) in [5.41, 5.74) is 4.44. The van der Waals surface area contributed by atoms with E-state index in [0.717, 1.165) is 10.9 Å². The SMILES string of the molecule is Nc1nc2c(ncn2C2OC(COP(=O)([O-])OP(=O)([O-])NP(=O)([O-])O)C(O)C2O)c(=O)[nH]1.O.[Na+].[Na+].[Na+]. The minimum absolute atomic E-state index is 0. The maximum atomic E-state index is 11.8. The van der Waals surface area contributed by atoms with E-state index in [1.54, 1.807) is 0 Å². The molecule has 26 heteroatoms. The van der Waals surface area contributed by atoms with E-state index in [2.05, 4.69) is 23.8 Å². The average Bonchev–Trinajstić information content (AvgIpc) is 3.12. The molecule has 7 atom stereocenters. The number of fused-ring (bicyclic) bond motifs is 1. The van der Waals surface area contributed by atoms with E-state index in [0.29, 0.717) is 4.86 Å². The fourth-order valence-corrected chi connectivity index (χ4v) is 6.00. The van der Waals surface area contributed by atoms with Crippen LogP contribution in [0, 0.1) is 0 Å². The largest absolute Gasteiger partial charge is 1.00 e. The van der Waals surface area contributed by atoms with Crippen LogP contribution in [0.25, 0.3) is 11.2 Å². The van der Waals surface area contributed by atoms with Crippen LogP contribution in [-0.4, -0.2) is 65.0 Å². The molecule has 7 unspecified atom stereocenters. The van der Waals surface area contributed by atoms with E-state index in [4.69, 9.17) is 15.4 Å². The third-order valence-corrected chi connectivity index (χ3v) is 8.03. The van der Waals surface area contributed by atoms with E-state index in [9.17, 15) is 43.4 Å². The number of rotatable bonds is 8. The third-order valence-electron chi connectivity index (χ3n) is 3.92. The second-order valence-electron chi connectivity index (χ2n) is 6.26. The van der Waals surface area contributed by atoms with E-state index < -0.39 is 60.0 Å². The van der Waals surface area contributed by atoms with Crippen molar-refractivity contribution in [3.05, 3.63) is 16.7 Å². The Hall–Kier alpha value is 1.40. The normalized spacial score (nSPS) is 26.2. The standard InChI is InChI=1S/C10H17N6O13P3.3Na.H2O/c11-10-13-7-4(8(19)14-10)12-2-16(7)9-6(18)5(17)3(28-9)1-27-32(25,26)29-31(23,24)15-30(20,21)22;;;;/h2-3,5-6,9,17-18H,1H2,(H,25,26)(H3,11,13,14,19)(H4,15,20,21,22,23,24);;;;1H2/q;3*+1;/p-3. The fourth-order valence-electron chi connectivity index (χ4n) is 2.72. The van der Waals surface area contributed by atoms with Gasteiger partial charge in [0.25, 0.3) is 13.4 Å². The molecule has 0 spiro atoms. The number of nitrogens with two attached hydrogens (primary N) is 1. The fraction of sp³-hybridized carbons (Fsp3) is 0.500. The molecule has 1 fully saturated rings. The maximum Gasteiger partial charge on any atom is 1.00 e. The van der Waals surface area contributed by atoms with Crippen LogP contribution in [0.15, 0.2) is 11.1 Å². The Morgan fingerprint density at radius 1 is 1.19 bits per heavy atom. The molecule has 188 valence electrons. The van der Waals surface area contributed by atoms with Crippen LogP contribution in [0.4, 0.5) is 5.95 Å². The predicted molar refractivity (Wildman–Crippen MR) is 97.3 cm³/mol. The Bertz CT molecular complexity index is 1220. The summed E-state index contributed by atoms with van der Waals surface area (Å²) in [6, 6.07) is 0. The van der Waals surface area contributed by atoms with Gasteiger partial charge >= 0.3 is 88.7 Å². The van der Waals surface area contributed by atoms with Gasteiger partial charge in [0.15, 0.2) is 17.4 Å². The third kappa shape index (κ3) is 10.1. The molecule has 0 radical (unpaired) electrons. The monoisotopic (exact) mass is 606 g/mol. The van der Waals surface area contributed by atoms with Gasteiger partial charge in [-0.15, -0.1) is 0 Å². The van der Waals surface area contributed by atoms with Crippen molar-refractivity contribution < 1.29 is 151 Å². The molecule has 20 nitrogen and oxygen atoms in total. The molecule has 0 aromatic carbocycles. The van der Waals surface area contributed by atoms with Gasteiger partial charge in [-0.25, -0.2) is 4.98 Å². The molecular formula is C10H16N6Na3O14P3. The minimum atomic E-state index is -5.86. The molecule has 0 saturated carbocycles. The number of H-pyrrole nitrogens is 1. The summed E-state index contributed by atoms with van der Waals surface area (Å²) in [5.74, 6) is -0.289. The van der Waals surface area contributed by atoms with Gasteiger partial charge in [0.2, 0.25) is 21.4 Å². The van der Waals surface area contributed by atoms with Crippen LogP contribution in [0.2, 0.25) is 0 Å². The summed E-state index contributed by atoms with van der Waals surface area (Å²) >= 11 is 0. The number of aliphatic hydroxyl groups excluding tert-OH is 2. The topological polar surface area (TPSA) is 342 Å². The summed E-state index contributed by atoms with van der Waals surface area (Å²) in [5, 5.41) is 20.4. The molecule has 3 rings (SSSR count). The smallest absolute Gasteiger partial charge is 0.766 e. The van der Waals surface area contributed by atoms with Gasteiger partial charge in [-0.05, 0) is 0 Å². The molecule has 0 aliphatic carbocycles. The molecule has 9 N–H and O–H groups in total. The molecule has 0 amide bonds. The van der Waals surface area contributed by atoms with E-state index >= 15 is 0 Å². The van der Waals surface area contributed by atoms with Crippen LogP contribution < -0.4 is 120 Å². The first-order valence-corrected chi connectivity index (χ1v) is 12.7. The zero-order valence-corrected chi connectivity index (χ0v) is 27.5. The summed E-state index contributed by atoms with van der Waals surface area (Å²) in [7, 11) is -17.3. The van der Waals surface area contributed by atoms with Gasteiger partial charge in [-0.2, -0.15) is 9.84 Å². The number of aromatic amines is 1. The van der Waals surface area contributed by atoms with Gasteiger partial charge in [0.1, 0.15) is 18.3 Å². The zero-order chi connectivity index (χ0) is 24.1. The van der Waals surface area contributed by atoms with Crippen LogP contribution in [-0.2, 0) is 27.3 Å². The number of imidazole rings is 1. The molecule has 3 heterocycles. The number of hydrogen-bond donors (Lipinski definition) is 6. The number of nitrogens with one attached hydrogen (secondary N) is 2. The van der Waals surface area contributed by atoms with Gasteiger partial charge in [0.05, 0.1) is 12.9 Å². The number of ether oxygens (including phenoxy) is 1. The summed E-state index contributed by atoms with van der Waals surface area (Å²) < 4.78 is 47.6. The Morgan fingerprint density at radius 3 is 2.33 bits per heavy atom. The van der Waals surface area contributed by atoms with Gasteiger partial charge in [0, 0.05) is 0 Å². The molecule has 1 aliphatic rings. The molecule has 2 aromatic heterocycles. The van der Waals surface area contributed by atoms with Crippen molar-refractivity contribution in [3.63, 3.8) is 0 Å². The summed E-state index contributed by atoms with van der Waals surface area (Å²) in [6.07, 6.45) is -5.50. The zero-order valence-electron chi connectivity index (χ0n) is 18.8. The Balaban J connectivity index is 0. The van der Waals surface area contributed by atoms with Crippen molar-refractivity contribution in [1.29, 1.82) is 0 Å². The number of aliphatic hydroxyl groups is 2. The number of hydrogen-bond acceptors (Lipinski definition) is 15. The van der Waals surface area contributed by atoms with Crippen molar-refractivity contribution in [2.45, 2.75) is 24.5 Å². The molecule has 0 bridgehead atoms. The molecule has 2 aromatic rings. The van der Waals surface area contributed by atoms with E-state index in [1.165, 1.54) is 0 Å². The summed E-state index contributed by atoms with van der Waals surface area (Å²) in [6.45, 7) is -1.09. The van der Waals surface area contributed by atoms with Crippen molar-refractivity contribution in [1.82, 2.24) is 24.4 Å². The van der Waals surface area contributed by atoms with Gasteiger partial charge < -0.3 is 50.3 Å². The van der Waals surface area contributed by atoms with Crippen LogP contribution in [0.1, 0.15) is 6.23 Å². The first kappa shape index (κ1) is 39.5. The average molecular weight is 606 g/mol. The van der Waals surface area contributed by atoms with Crippen LogP contribution in [0.5, 0.6) is 0 Å². The van der Waals surface area contributed by atoms with E-state index in [-0.39, 0.29) is 111 Å². The predicted octanol–water partition coefficient (Wildman–Crippen LogP) is -14.5. The van der Waals surface area contributed by atoms with Crippen LogP contribution in [0.3, 0.4) is 0 Å². The maximum absolute atomic E-state index is 11.8. The van der Waals surface area contributed by atoms with Crippen molar-refractivity contribution in [2.75, 3.05) is 12.3 Å². The van der Waals surface area contributed by atoms with Crippen molar-refractivity contribution in [2.24, 2.45) is 0 Å². The van der Waals surface area contributed by atoms with Gasteiger partial charge in [-0.1, -0.05) is 0 Å². The van der Waals surface area contributed by atoms with Crippen LogP contribution >= 0.6 is 23.3 Å². The number of anilines is 1. The first-order chi connectivity index (χ1) is 14.6. The number of phosphoric ester groups is 1. The minimum Gasteiger partial charge on any atom is -0.766 e. The molecule has 1 saturated heterocycles. The number of nitrogens with zero attached hydrogens (tertiary/aromatic N) is 3. The Labute approximate surface area is 266 Å². The molecular weight excluding hydrogens is 590 g/mol. The molecule has 1 aliphatic heterocycles. The Morgan fingerprint density at radius 2 is 1.78 bits per heavy atom. The first-order valence-electron chi connectivity index (χ1n) is 8.14. The number of aromatic nitrogens is 4. The summed E-state index contributed by atoms with van der Waals surface area (Å²) in [4.78, 5) is 64.1. The van der Waals surface area contributed by atoms with Crippen molar-refractivity contribution in [3.8, 4) is 0 Å². The second kappa shape index (κ2) is 14.9. The number of phosphoric acid groups is 1. The van der Waals surface area contributed by atoms with Crippen molar-refractivity contribution >= 4 is 40.4 Å². The molecule has 36 heavy (non-hydrogen) atoms. The Kier molecular flexibility index (Phi) is 16.3. The second-order valence-corrected chi connectivity index (χ2v) is 10.9. The van der Waals surface area contributed by atoms with E-state index in [1.807, 2.05) is 0 Å². The quantitative estimate of drug-likeness (QED) is 0.120.